The van der Waals surface area contributed by atoms with Gasteiger partial charge in [-0.2, -0.15) is 0 Å². The van der Waals surface area contributed by atoms with Crippen LogP contribution in [-0.4, -0.2) is 50.2 Å². The Morgan fingerprint density at radius 3 is 2.55 bits per heavy atom. The van der Waals surface area contributed by atoms with Crippen molar-refractivity contribution in [3.05, 3.63) is 0 Å². The Bertz CT molecular complexity index is 322. The molecule has 1 heterocycles. The van der Waals surface area contributed by atoms with Crippen molar-refractivity contribution in [3.63, 3.8) is 0 Å². The number of carbonyl (C=O) groups is 1. The van der Waals surface area contributed by atoms with Gasteiger partial charge in [-0.1, -0.05) is 13.8 Å². The molecule has 1 saturated heterocycles. The molecule has 1 spiro atoms. The first kappa shape index (κ1) is 15.8. The van der Waals surface area contributed by atoms with E-state index in [9.17, 15) is 4.79 Å². The molecular formula is C16H30N2O2. The standard InChI is InChI=1S/C16H30N2O2/c1-4-13(5-2)18(10-11-20-3)15(19)14-12-16(14)6-8-17-9-7-16/h13-14,17H,4-12H2,1-3H3. The molecule has 0 bridgehead atoms. The van der Waals surface area contributed by atoms with Crippen molar-refractivity contribution in [1.82, 2.24) is 10.2 Å². The van der Waals surface area contributed by atoms with Crippen molar-refractivity contribution in [2.75, 3.05) is 33.4 Å². The molecule has 0 aromatic carbocycles. The van der Waals surface area contributed by atoms with Gasteiger partial charge in [-0.05, 0) is 50.6 Å². The van der Waals surface area contributed by atoms with Crippen molar-refractivity contribution >= 4 is 5.91 Å². The van der Waals surface area contributed by atoms with Gasteiger partial charge in [0, 0.05) is 25.6 Å². The monoisotopic (exact) mass is 282 g/mol. The highest BCUT2D eigenvalue weighted by Crippen LogP contribution is 2.59. The second-order valence-electron chi connectivity index (χ2n) is 6.36. The van der Waals surface area contributed by atoms with E-state index in [4.69, 9.17) is 4.74 Å². The maximum Gasteiger partial charge on any atom is 0.226 e. The fraction of sp³-hybridized carbons (Fsp3) is 0.938. The van der Waals surface area contributed by atoms with Gasteiger partial charge in [-0.25, -0.2) is 0 Å². The minimum atomic E-state index is 0.280. The van der Waals surface area contributed by atoms with Crippen LogP contribution in [0.1, 0.15) is 46.0 Å². The largest absolute Gasteiger partial charge is 0.383 e. The molecule has 1 aliphatic carbocycles. The minimum absolute atomic E-state index is 0.280. The number of piperidine rings is 1. The highest BCUT2D eigenvalue weighted by molar-refractivity contribution is 5.83. The third kappa shape index (κ3) is 3.17. The number of hydrogen-bond acceptors (Lipinski definition) is 3. The Morgan fingerprint density at radius 2 is 2.00 bits per heavy atom. The molecule has 0 aromatic heterocycles. The molecule has 116 valence electrons. The predicted octanol–water partition coefficient (Wildman–Crippen LogP) is 2.04. The van der Waals surface area contributed by atoms with E-state index in [0.717, 1.165) is 38.9 Å². The van der Waals surface area contributed by atoms with Gasteiger partial charge >= 0.3 is 0 Å². The molecule has 0 radical (unpaired) electrons. The molecule has 2 rings (SSSR count). The number of methoxy groups -OCH3 is 1. The van der Waals surface area contributed by atoms with Crippen molar-refractivity contribution in [3.8, 4) is 0 Å². The van der Waals surface area contributed by atoms with Crippen LogP contribution < -0.4 is 5.32 Å². The van der Waals surface area contributed by atoms with Gasteiger partial charge in [-0.15, -0.1) is 0 Å². The number of ether oxygens (including phenoxy) is 1. The van der Waals surface area contributed by atoms with Crippen molar-refractivity contribution in [1.29, 1.82) is 0 Å². The summed E-state index contributed by atoms with van der Waals surface area (Å²) >= 11 is 0. The van der Waals surface area contributed by atoms with Crippen LogP contribution in [0.5, 0.6) is 0 Å². The second-order valence-corrected chi connectivity index (χ2v) is 6.36. The Morgan fingerprint density at radius 1 is 1.35 bits per heavy atom. The molecule has 4 heteroatoms. The summed E-state index contributed by atoms with van der Waals surface area (Å²) in [5, 5.41) is 3.40. The quantitative estimate of drug-likeness (QED) is 0.777. The number of rotatable bonds is 7. The molecule has 2 fully saturated rings. The lowest BCUT2D eigenvalue weighted by Crippen LogP contribution is -2.44. The van der Waals surface area contributed by atoms with E-state index >= 15 is 0 Å². The lowest BCUT2D eigenvalue weighted by atomic mass is 9.91. The van der Waals surface area contributed by atoms with Gasteiger partial charge in [-0.3, -0.25) is 4.79 Å². The highest BCUT2D eigenvalue weighted by atomic mass is 16.5. The van der Waals surface area contributed by atoms with Gasteiger partial charge in [0.25, 0.3) is 0 Å². The molecule has 2 aliphatic rings. The maximum absolute atomic E-state index is 12.9. The van der Waals surface area contributed by atoms with E-state index in [-0.39, 0.29) is 5.92 Å². The van der Waals surface area contributed by atoms with E-state index in [1.165, 1.54) is 12.8 Å². The topological polar surface area (TPSA) is 41.6 Å². The summed E-state index contributed by atoms with van der Waals surface area (Å²) < 4.78 is 5.19. The molecule has 1 unspecified atom stereocenters. The van der Waals surface area contributed by atoms with E-state index in [0.29, 0.717) is 24.0 Å². The van der Waals surface area contributed by atoms with Gasteiger partial charge in [0.15, 0.2) is 0 Å². The number of nitrogens with zero attached hydrogens (tertiary/aromatic N) is 1. The normalized spacial score (nSPS) is 24.1. The Labute approximate surface area is 123 Å². The third-order valence-corrected chi connectivity index (χ3v) is 5.29. The maximum atomic E-state index is 12.9. The van der Waals surface area contributed by atoms with Crippen LogP contribution >= 0.6 is 0 Å². The zero-order chi connectivity index (χ0) is 14.6. The summed E-state index contributed by atoms with van der Waals surface area (Å²) in [4.78, 5) is 15.0. The van der Waals surface area contributed by atoms with Crippen molar-refractivity contribution in [2.45, 2.75) is 52.0 Å². The number of carbonyl (C=O) groups excluding carboxylic acids is 1. The Kier molecular flexibility index (Phi) is 5.44. The molecule has 20 heavy (non-hydrogen) atoms. The van der Waals surface area contributed by atoms with E-state index in [2.05, 4.69) is 24.1 Å². The predicted molar refractivity (Wildman–Crippen MR) is 80.6 cm³/mol. The molecule has 1 saturated carbocycles. The molecule has 0 aromatic rings. The SMILES string of the molecule is CCC(CC)N(CCOC)C(=O)C1CC12CCNCC2. The van der Waals surface area contributed by atoms with Crippen molar-refractivity contribution in [2.24, 2.45) is 11.3 Å². The minimum Gasteiger partial charge on any atom is -0.383 e. The summed E-state index contributed by atoms with van der Waals surface area (Å²) in [6.45, 7) is 7.89. The molecule has 1 atom stereocenters. The van der Waals surface area contributed by atoms with E-state index in [1.54, 1.807) is 7.11 Å². The Balaban J connectivity index is 1.99. The molecule has 1 N–H and O–H groups in total. The number of nitrogens with one attached hydrogen (secondary N) is 1. The summed E-state index contributed by atoms with van der Waals surface area (Å²) in [6.07, 6.45) is 5.52. The molecule has 4 nitrogen and oxygen atoms in total. The second kappa shape index (κ2) is 6.90. The van der Waals surface area contributed by atoms with Gasteiger partial charge in [0.05, 0.1) is 6.61 Å². The Hall–Kier alpha value is -0.610. The molecular weight excluding hydrogens is 252 g/mol. The summed E-state index contributed by atoms with van der Waals surface area (Å²) in [5.74, 6) is 0.666. The van der Waals surface area contributed by atoms with Gasteiger partial charge < -0.3 is 15.0 Å². The third-order valence-electron chi connectivity index (χ3n) is 5.29. The summed E-state index contributed by atoms with van der Waals surface area (Å²) in [7, 11) is 1.71. The van der Waals surface area contributed by atoms with Crippen LogP contribution in [-0.2, 0) is 9.53 Å². The fourth-order valence-corrected chi connectivity index (χ4v) is 3.77. The lowest BCUT2D eigenvalue weighted by Gasteiger charge is -2.32. The molecule has 1 amide bonds. The lowest BCUT2D eigenvalue weighted by molar-refractivity contribution is -0.137. The zero-order valence-electron chi connectivity index (χ0n) is 13.3. The van der Waals surface area contributed by atoms with Crippen molar-refractivity contribution < 1.29 is 9.53 Å². The van der Waals surface area contributed by atoms with Crippen LogP contribution in [0.15, 0.2) is 0 Å². The number of hydrogen-bond donors (Lipinski definition) is 1. The first-order valence-corrected chi connectivity index (χ1v) is 8.18. The summed E-state index contributed by atoms with van der Waals surface area (Å²) in [5.41, 5.74) is 0.333. The first-order chi connectivity index (χ1) is 9.68. The van der Waals surface area contributed by atoms with Crippen LogP contribution in [0.25, 0.3) is 0 Å². The van der Waals surface area contributed by atoms with E-state index < -0.39 is 0 Å². The van der Waals surface area contributed by atoms with Crippen LogP contribution in [0, 0.1) is 11.3 Å². The summed E-state index contributed by atoms with van der Waals surface area (Å²) in [6, 6.07) is 0.372. The molecule has 1 aliphatic heterocycles. The average molecular weight is 282 g/mol. The van der Waals surface area contributed by atoms with Gasteiger partial charge in [0.2, 0.25) is 5.91 Å². The van der Waals surface area contributed by atoms with Gasteiger partial charge in [0.1, 0.15) is 0 Å². The number of amides is 1. The highest BCUT2D eigenvalue weighted by Gasteiger charge is 2.58. The zero-order valence-corrected chi connectivity index (χ0v) is 13.3. The van der Waals surface area contributed by atoms with E-state index in [1.807, 2.05) is 0 Å². The smallest absolute Gasteiger partial charge is 0.226 e. The van der Waals surface area contributed by atoms with Crippen LogP contribution in [0.3, 0.4) is 0 Å². The van der Waals surface area contributed by atoms with Crippen LogP contribution in [0.4, 0.5) is 0 Å². The fourth-order valence-electron chi connectivity index (χ4n) is 3.77. The first-order valence-electron chi connectivity index (χ1n) is 8.18. The van der Waals surface area contributed by atoms with Crippen LogP contribution in [0.2, 0.25) is 0 Å². The average Bonchev–Trinajstić information content (AvgIpc) is 3.17.